The first kappa shape index (κ1) is 18.8. The van der Waals surface area contributed by atoms with E-state index < -0.39 is 0 Å². The van der Waals surface area contributed by atoms with Gasteiger partial charge in [0.05, 0.1) is 19.7 Å². The molecule has 1 aromatic rings. The summed E-state index contributed by atoms with van der Waals surface area (Å²) in [6.45, 7) is 2.06. The molecule has 1 amide bonds. The van der Waals surface area contributed by atoms with Crippen molar-refractivity contribution in [3.8, 4) is 0 Å². The van der Waals surface area contributed by atoms with Crippen molar-refractivity contribution in [3.63, 3.8) is 0 Å². The van der Waals surface area contributed by atoms with Gasteiger partial charge in [-0.25, -0.2) is 4.39 Å². The van der Waals surface area contributed by atoms with Crippen molar-refractivity contribution in [1.82, 2.24) is 10.2 Å². The van der Waals surface area contributed by atoms with Gasteiger partial charge in [-0.1, -0.05) is 25.0 Å². The molecule has 1 saturated carbocycles. The second-order valence-corrected chi connectivity index (χ2v) is 7.40. The molecule has 1 aliphatic carbocycles. The number of benzene rings is 1. The number of amides is 1. The zero-order valence-electron chi connectivity index (χ0n) is 15.4. The van der Waals surface area contributed by atoms with Crippen LogP contribution in [-0.2, 0) is 14.3 Å². The predicted molar refractivity (Wildman–Crippen MR) is 95.8 cm³/mol. The third-order valence-electron chi connectivity index (χ3n) is 5.77. The van der Waals surface area contributed by atoms with E-state index in [0.29, 0.717) is 5.92 Å². The molecule has 26 heavy (non-hydrogen) atoms. The normalized spacial score (nSPS) is 26.8. The fourth-order valence-electron chi connectivity index (χ4n) is 4.44. The molecule has 1 saturated heterocycles. The van der Waals surface area contributed by atoms with Crippen molar-refractivity contribution in [2.75, 3.05) is 13.7 Å². The highest BCUT2D eigenvalue weighted by Crippen LogP contribution is 2.39. The van der Waals surface area contributed by atoms with E-state index in [0.717, 1.165) is 31.2 Å². The Morgan fingerprint density at radius 2 is 1.96 bits per heavy atom. The Balaban J connectivity index is 1.65. The van der Waals surface area contributed by atoms with Gasteiger partial charge in [0.15, 0.2) is 0 Å². The maximum Gasteiger partial charge on any atom is 0.323 e. The molecule has 1 aromatic carbocycles. The second kappa shape index (κ2) is 8.16. The van der Waals surface area contributed by atoms with E-state index in [2.05, 4.69) is 5.32 Å². The van der Waals surface area contributed by atoms with Crippen molar-refractivity contribution in [3.05, 3.63) is 35.6 Å². The van der Waals surface area contributed by atoms with Gasteiger partial charge < -0.3 is 10.1 Å². The Bertz CT molecular complexity index is 649. The number of hydrogen-bond donors (Lipinski definition) is 1. The molecule has 1 heterocycles. The Morgan fingerprint density at radius 1 is 1.27 bits per heavy atom. The molecule has 3 rings (SSSR count). The Labute approximate surface area is 153 Å². The largest absolute Gasteiger partial charge is 0.468 e. The van der Waals surface area contributed by atoms with Crippen LogP contribution in [0.1, 0.15) is 50.6 Å². The van der Waals surface area contributed by atoms with Crippen molar-refractivity contribution < 1.29 is 18.7 Å². The second-order valence-electron chi connectivity index (χ2n) is 7.40. The summed E-state index contributed by atoms with van der Waals surface area (Å²) in [6, 6.07) is 5.84. The molecule has 0 unspecified atom stereocenters. The highest BCUT2D eigenvalue weighted by atomic mass is 19.1. The fraction of sp³-hybridized carbons (Fsp3) is 0.600. The van der Waals surface area contributed by atoms with E-state index in [1.54, 1.807) is 12.1 Å². The zero-order valence-corrected chi connectivity index (χ0v) is 15.4. The summed E-state index contributed by atoms with van der Waals surface area (Å²) in [6.07, 6.45) is 5.25. The quantitative estimate of drug-likeness (QED) is 0.819. The number of rotatable bonds is 5. The van der Waals surface area contributed by atoms with Crippen molar-refractivity contribution in [1.29, 1.82) is 0 Å². The number of fused-ring (bicyclic) bond motifs is 1. The van der Waals surface area contributed by atoms with E-state index in [1.165, 1.54) is 25.7 Å². The van der Waals surface area contributed by atoms with E-state index >= 15 is 0 Å². The summed E-state index contributed by atoms with van der Waals surface area (Å²) in [5.41, 5.74) is 0.848. The first-order chi connectivity index (χ1) is 12.5. The predicted octanol–water partition coefficient (Wildman–Crippen LogP) is 2.81. The number of halogens is 1. The van der Waals surface area contributed by atoms with Gasteiger partial charge in [-0.2, -0.15) is 0 Å². The zero-order chi connectivity index (χ0) is 18.7. The summed E-state index contributed by atoms with van der Waals surface area (Å²) in [5, 5.41) is 2.96. The van der Waals surface area contributed by atoms with Crippen LogP contribution in [0.4, 0.5) is 4.39 Å². The minimum atomic E-state index is -0.333. The highest BCUT2D eigenvalue weighted by molar-refractivity contribution is 5.81. The number of esters is 1. The van der Waals surface area contributed by atoms with Gasteiger partial charge >= 0.3 is 5.97 Å². The molecule has 1 aliphatic heterocycles. The molecule has 6 heteroatoms. The molecule has 2 fully saturated rings. The van der Waals surface area contributed by atoms with Crippen LogP contribution in [0.5, 0.6) is 0 Å². The molecule has 4 atom stereocenters. The van der Waals surface area contributed by atoms with Crippen LogP contribution in [0.15, 0.2) is 24.3 Å². The lowest BCUT2D eigenvalue weighted by atomic mass is 9.85. The van der Waals surface area contributed by atoms with Crippen LogP contribution in [0.2, 0.25) is 0 Å². The topological polar surface area (TPSA) is 58.6 Å². The standard InChI is InChI=1S/C20H27FN2O3/c1-13(14-7-9-16(21)10-8-14)22-19(24)12-23-17-6-4-3-5-15(17)11-18(23)20(25)26-2/h7-10,13,15,17-18H,3-6,11-12H2,1-2H3,(H,22,24)/t13-,15-,17+,18-/m0/s1. The minimum Gasteiger partial charge on any atom is -0.468 e. The molecule has 2 aliphatic rings. The lowest BCUT2D eigenvalue weighted by Crippen LogP contribution is -2.48. The van der Waals surface area contributed by atoms with Gasteiger partial charge in [0.2, 0.25) is 5.91 Å². The van der Waals surface area contributed by atoms with Crippen LogP contribution in [0, 0.1) is 11.7 Å². The number of ether oxygens (including phenoxy) is 1. The summed E-state index contributed by atoms with van der Waals surface area (Å²) >= 11 is 0. The number of nitrogens with one attached hydrogen (secondary N) is 1. The maximum absolute atomic E-state index is 13.1. The first-order valence-electron chi connectivity index (χ1n) is 9.38. The smallest absolute Gasteiger partial charge is 0.323 e. The lowest BCUT2D eigenvalue weighted by Gasteiger charge is -2.33. The van der Waals surface area contributed by atoms with Crippen molar-refractivity contribution in [2.24, 2.45) is 5.92 Å². The van der Waals surface area contributed by atoms with Crippen molar-refractivity contribution in [2.45, 2.75) is 57.2 Å². The van der Waals surface area contributed by atoms with Gasteiger partial charge in [-0.3, -0.25) is 14.5 Å². The van der Waals surface area contributed by atoms with Gasteiger partial charge in [-0.05, 0) is 49.8 Å². The number of hydrogen-bond acceptors (Lipinski definition) is 4. The molecular weight excluding hydrogens is 335 g/mol. The van der Waals surface area contributed by atoms with E-state index in [-0.39, 0.29) is 42.4 Å². The lowest BCUT2D eigenvalue weighted by molar-refractivity contribution is -0.146. The molecule has 0 radical (unpaired) electrons. The molecule has 1 N–H and O–H groups in total. The molecule has 5 nitrogen and oxygen atoms in total. The van der Waals surface area contributed by atoms with E-state index in [9.17, 15) is 14.0 Å². The molecule has 0 spiro atoms. The third-order valence-corrected chi connectivity index (χ3v) is 5.77. The van der Waals surface area contributed by atoms with Crippen LogP contribution in [0.3, 0.4) is 0 Å². The van der Waals surface area contributed by atoms with Gasteiger partial charge in [-0.15, -0.1) is 0 Å². The first-order valence-corrected chi connectivity index (χ1v) is 9.38. The average Bonchev–Trinajstić information content (AvgIpc) is 3.00. The van der Waals surface area contributed by atoms with Gasteiger partial charge in [0.1, 0.15) is 11.9 Å². The Kier molecular flexibility index (Phi) is 5.91. The number of carbonyl (C=O) groups is 2. The SMILES string of the molecule is COC(=O)[C@@H]1C[C@@H]2CCCC[C@H]2N1CC(=O)N[C@@H](C)c1ccc(F)cc1. The van der Waals surface area contributed by atoms with E-state index in [4.69, 9.17) is 4.74 Å². The number of methoxy groups -OCH3 is 1. The summed E-state index contributed by atoms with van der Waals surface area (Å²) < 4.78 is 18.0. The summed E-state index contributed by atoms with van der Waals surface area (Å²) in [7, 11) is 1.40. The fourth-order valence-corrected chi connectivity index (χ4v) is 4.44. The Morgan fingerprint density at radius 3 is 2.65 bits per heavy atom. The van der Waals surface area contributed by atoms with Crippen LogP contribution >= 0.6 is 0 Å². The average molecular weight is 362 g/mol. The summed E-state index contributed by atoms with van der Waals surface area (Å²) in [4.78, 5) is 26.8. The van der Waals surface area contributed by atoms with Crippen molar-refractivity contribution >= 4 is 11.9 Å². The van der Waals surface area contributed by atoms with Crippen LogP contribution in [-0.4, -0.2) is 42.5 Å². The third kappa shape index (κ3) is 4.06. The highest BCUT2D eigenvalue weighted by Gasteiger charge is 2.46. The summed E-state index contributed by atoms with van der Waals surface area (Å²) in [5.74, 6) is -0.204. The Hall–Kier alpha value is -1.95. The molecule has 142 valence electrons. The minimum absolute atomic E-state index is 0.123. The molecular formula is C20H27FN2O3. The number of nitrogens with zero attached hydrogens (tertiary/aromatic N) is 1. The molecule has 0 aromatic heterocycles. The number of likely N-dealkylation sites (tertiary alicyclic amines) is 1. The van der Waals surface area contributed by atoms with Gasteiger partial charge in [0.25, 0.3) is 0 Å². The van der Waals surface area contributed by atoms with E-state index in [1.807, 2.05) is 11.8 Å². The number of carbonyl (C=O) groups excluding carboxylic acids is 2. The van der Waals surface area contributed by atoms with Gasteiger partial charge in [0, 0.05) is 6.04 Å². The maximum atomic E-state index is 13.1. The van der Waals surface area contributed by atoms with Crippen LogP contribution < -0.4 is 5.32 Å². The molecule has 0 bridgehead atoms. The van der Waals surface area contributed by atoms with Crippen LogP contribution in [0.25, 0.3) is 0 Å². The monoisotopic (exact) mass is 362 g/mol.